The number of rotatable bonds is 4. The smallest absolute Gasteiger partial charge is 0.227 e. The number of pyridine rings is 1. The van der Waals surface area contributed by atoms with Crippen LogP contribution in [0.4, 0.5) is 5.95 Å². The highest BCUT2D eigenvalue weighted by atomic mass is 15.3. The summed E-state index contributed by atoms with van der Waals surface area (Å²) in [4.78, 5) is 13.3. The molecule has 126 valence electrons. The molecule has 0 unspecified atom stereocenters. The first kappa shape index (κ1) is 15.5. The van der Waals surface area contributed by atoms with E-state index < -0.39 is 0 Å². The van der Waals surface area contributed by atoms with Crippen LogP contribution in [0.3, 0.4) is 0 Å². The first-order valence-corrected chi connectivity index (χ1v) is 8.41. The average Bonchev–Trinajstić information content (AvgIpc) is 3.03. The molecule has 0 saturated carbocycles. The minimum Gasteiger partial charge on any atom is -0.350 e. The summed E-state index contributed by atoms with van der Waals surface area (Å²) in [5, 5.41) is 10.2. The summed E-state index contributed by atoms with van der Waals surface area (Å²) >= 11 is 0. The maximum atomic E-state index is 4.56. The number of aromatic nitrogens is 5. The van der Waals surface area contributed by atoms with E-state index in [9.17, 15) is 0 Å². The van der Waals surface area contributed by atoms with Crippen LogP contribution in [-0.4, -0.2) is 24.6 Å². The fourth-order valence-electron chi connectivity index (χ4n) is 3.03. The number of hydrogen-bond donors (Lipinski definition) is 1. The maximum Gasteiger partial charge on any atom is 0.227 e. The van der Waals surface area contributed by atoms with Gasteiger partial charge in [-0.15, -0.1) is 0 Å². The van der Waals surface area contributed by atoms with Crippen LogP contribution in [-0.2, 0) is 6.54 Å². The molecule has 1 N–H and O–H groups in total. The molecule has 0 spiro atoms. The zero-order chi connectivity index (χ0) is 17.4. The molecule has 3 aromatic heterocycles. The molecule has 6 heteroatoms. The lowest BCUT2D eigenvalue weighted by Gasteiger charge is -2.11. The van der Waals surface area contributed by atoms with Crippen LogP contribution in [0, 0.1) is 6.92 Å². The van der Waals surface area contributed by atoms with E-state index in [-0.39, 0.29) is 0 Å². The number of hydrogen-bond acceptors (Lipinski definition) is 5. The lowest BCUT2D eigenvalue weighted by molar-refractivity contribution is 0.852. The fourth-order valence-corrected chi connectivity index (χ4v) is 3.03. The van der Waals surface area contributed by atoms with Crippen LogP contribution in [0.5, 0.6) is 0 Å². The molecular formula is C19H20N6. The second-order valence-electron chi connectivity index (χ2n) is 6.45. The molecule has 0 aliphatic heterocycles. The van der Waals surface area contributed by atoms with E-state index in [1.807, 2.05) is 31.6 Å². The number of benzene rings is 1. The lowest BCUT2D eigenvalue weighted by atomic mass is 10.1. The van der Waals surface area contributed by atoms with Gasteiger partial charge in [-0.2, -0.15) is 14.6 Å². The molecule has 0 aliphatic rings. The van der Waals surface area contributed by atoms with Crippen molar-refractivity contribution in [2.45, 2.75) is 33.2 Å². The Morgan fingerprint density at radius 3 is 2.84 bits per heavy atom. The molecule has 6 nitrogen and oxygen atoms in total. The van der Waals surface area contributed by atoms with Gasteiger partial charge in [-0.3, -0.25) is 4.98 Å². The maximum absolute atomic E-state index is 4.56. The Labute approximate surface area is 146 Å². The van der Waals surface area contributed by atoms with Crippen LogP contribution in [0.1, 0.15) is 36.7 Å². The molecule has 0 saturated heterocycles. The number of nitrogens with one attached hydrogen (secondary N) is 1. The van der Waals surface area contributed by atoms with Crippen molar-refractivity contribution >= 4 is 22.4 Å². The highest BCUT2D eigenvalue weighted by Crippen LogP contribution is 2.22. The van der Waals surface area contributed by atoms with Gasteiger partial charge in [-0.05, 0) is 29.9 Å². The molecule has 4 aromatic rings. The first-order valence-electron chi connectivity index (χ1n) is 8.41. The van der Waals surface area contributed by atoms with E-state index in [0.29, 0.717) is 18.4 Å². The minimum atomic E-state index is 0.365. The second kappa shape index (κ2) is 6.12. The molecule has 0 amide bonds. The van der Waals surface area contributed by atoms with Crippen molar-refractivity contribution in [3.8, 4) is 0 Å². The molecule has 0 aliphatic carbocycles. The lowest BCUT2D eigenvalue weighted by Crippen LogP contribution is -2.10. The number of aryl methyl sites for hydroxylation is 1. The summed E-state index contributed by atoms with van der Waals surface area (Å²) in [6, 6.07) is 8.28. The zero-order valence-corrected chi connectivity index (χ0v) is 14.6. The quantitative estimate of drug-likeness (QED) is 0.617. The Balaban J connectivity index is 1.71. The van der Waals surface area contributed by atoms with Crippen molar-refractivity contribution in [2.24, 2.45) is 0 Å². The number of fused-ring (bicyclic) bond motifs is 2. The molecule has 0 bridgehead atoms. The highest BCUT2D eigenvalue weighted by Gasteiger charge is 2.14. The second-order valence-corrected chi connectivity index (χ2v) is 6.45. The van der Waals surface area contributed by atoms with Crippen molar-refractivity contribution in [1.82, 2.24) is 24.6 Å². The van der Waals surface area contributed by atoms with Gasteiger partial charge in [0.1, 0.15) is 5.82 Å². The van der Waals surface area contributed by atoms with E-state index in [4.69, 9.17) is 0 Å². The van der Waals surface area contributed by atoms with E-state index in [1.165, 1.54) is 10.9 Å². The molecule has 4 rings (SSSR count). The average molecular weight is 332 g/mol. The van der Waals surface area contributed by atoms with Crippen molar-refractivity contribution < 1.29 is 0 Å². The van der Waals surface area contributed by atoms with Gasteiger partial charge in [-0.25, -0.2) is 4.98 Å². The van der Waals surface area contributed by atoms with E-state index in [0.717, 1.165) is 22.4 Å². The van der Waals surface area contributed by atoms with Crippen molar-refractivity contribution in [3.63, 3.8) is 0 Å². The Morgan fingerprint density at radius 2 is 2.00 bits per heavy atom. The number of nitrogens with zero attached hydrogens (tertiary/aromatic N) is 5. The Bertz CT molecular complexity index is 1050. The van der Waals surface area contributed by atoms with Crippen molar-refractivity contribution in [1.29, 1.82) is 0 Å². The Hall–Kier alpha value is -3.02. The van der Waals surface area contributed by atoms with Gasteiger partial charge in [0.05, 0.1) is 6.20 Å². The van der Waals surface area contributed by atoms with Gasteiger partial charge in [-0.1, -0.05) is 32.0 Å². The third-order valence-corrected chi connectivity index (χ3v) is 4.34. The van der Waals surface area contributed by atoms with Crippen LogP contribution >= 0.6 is 0 Å². The summed E-state index contributed by atoms with van der Waals surface area (Å²) in [5.74, 6) is 1.80. The summed E-state index contributed by atoms with van der Waals surface area (Å²) < 4.78 is 1.78. The van der Waals surface area contributed by atoms with Gasteiger partial charge in [0.2, 0.25) is 5.95 Å². The molecule has 0 atom stereocenters. The summed E-state index contributed by atoms with van der Waals surface area (Å²) in [6.45, 7) is 6.84. The van der Waals surface area contributed by atoms with Crippen LogP contribution in [0.15, 0.2) is 42.9 Å². The van der Waals surface area contributed by atoms with E-state index in [2.05, 4.69) is 57.4 Å². The monoisotopic (exact) mass is 332 g/mol. The largest absolute Gasteiger partial charge is 0.350 e. The van der Waals surface area contributed by atoms with E-state index >= 15 is 0 Å². The Morgan fingerprint density at radius 1 is 1.12 bits per heavy atom. The summed E-state index contributed by atoms with van der Waals surface area (Å²) in [6.07, 6.45) is 5.59. The van der Waals surface area contributed by atoms with Gasteiger partial charge in [0.15, 0.2) is 5.65 Å². The first-order chi connectivity index (χ1) is 12.1. The summed E-state index contributed by atoms with van der Waals surface area (Å²) in [5.41, 5.74) is 3.17. The normalized spacial score (nSPS) is 11.5. The molecule has 0 fully saturated rings. The zero-order valence-electron chi connectivity index (χ0n) is 14.6. The van der Waals surface area contributed by atoms with Gasteiger partial charge in [0.25, 0.3) is 0 Å². The standard InChI is InChI=1S/C19H20N6/c1-12(2)16-11-22-25-18(16)23-13(3)24-19(25)21-9-15-6-4-5-14-7-8-20-10-17(14)15/h4-8,10-12H,9H2,1-3H3,(H,21,23,24). The van der Waals surface area contributed by atoms with Crippen LogP contribution < -0.4 is 5.32 Å². The molecule has 1 aromatic carbocycles. The van der Waals surface area contributed by atoms with Gasteiger partial charge in [0, 0.05) is 29.9 Å². The van der Waals surface area contributed by atoms with Gasteiger partial charge < -0.3 is 5.32 Å². The summed E-state index contributed by atoms with van der Waals surface area (Å²) in [7, 11) is 0. The van der Waals surface area contributed by atoms with Crippen LogP contribution in [0.2, 0.25) is 0 Å². The van der Waals surface area contributed by atoms with E-state index in [1.54, 1.807) is 4.52 Å². The molecule has 3 heterocycles. The fraction of sp³-hybridized carbons (Fsp3) is 0.263. The molecular weight excluding hydrogens is 312 g/mol. The SMILES string of the molecule is Cc1nc(NCc2cccc3ccncc23)n2ncc(C(C)C)c2n1. The molecule has 0 radical (unpaired) electrons. The minimum absolute atomic E-state index is 0.365. The highest BCUT2D eigenvalue weighted by molar-refractivity contribution is 5.84. The Kier molecular flexibility index (Phi) is 3.80. The van der Waals surface area contributed by atoms with Crippen molar-refractivity contribution in [2.75, 3.05) is 5.32 Å². The third kappa shape index (κ3) is 2.80. The number of anilines is 1. The predicted molar refractivity (Wildman–Crippen MR) is 98.7 cm³/mol. The van der Waals surface area contributed by atoms with Crippen molar-refractivity contribution in [3.05, 3.63) is 59.8 Å². The van der Waals surface area contributed by atoms with Gasteiger partial charge >= 0.3 is 0 Å². The molecule has 25 heavy (non-hydrogen) atoms. The third-order valence-electron chi connectivity index (χ3n) is 4.34. The topological polar surface area (TPSA) is 68.0 Å². The van der Waals surface area contributed by atoms with Crippen LogP contribution in [0.25, 0.3) is 16.4 Å². The predicted octanol–water partition coefficient (Wildman–Crippen LogP) is 3.72.